The van der Waals surface area contributed by atoms with E-state index in [9.17, 15) is 9.90 Å². The van der Waals surface area contributed by atoms with Crippen LogP contribution >= 0.6 is 0 Å². The Bertz CT molecular complexity index is 883. The lowest BCUT2D eigenvalue weighted by Gasteiger charge is -2.35. The fourth-order valence-corrected chi connectivity index (χ4v) is 3.00. The second-order valence-corrected chi connectivity index (χ2v) is 7.70. The monoisotopic (exact) mass is 379 g/mol. The molecule has 0 heterocycles. The molecule has 4 nitrogen and oxygen atoms in total. The van der Waals surface area contributed by atoms with Crippen LogP contribution in [0.1, 0.15) is 44.4 Å². The molecule has 2 aromatic rings. The average Bonchev–Trinajstić information content (AvgIpc) is 2.65. The van der Waals surface area contributed by atoms with Gasteiger partial charge >= 0.3 is 6.09 Å². The number of rotatable bonds is 8. The van der Waals surface area contributed by atoms with Crippen molar-refractivity contribution >= 4 is 17.2 Å². The van der Waals surface area contributed by atoms with E-state index in [1.807, 2.05) is 70.2 Å². The number of carbonyl (C=O) groups is 1. The molecule has 0 aliphatic heterocycles. The van der Waals surface area contributed by atoms with Crippen LogP contribution in [0.15, 0.2) is 61.7 Å². The summed E-state index contributed by atoms with van der Waals surface area (Å²) in [7, 11) is 0. The van der Waals surface area contributed by atoms with Crippen molar-refractivity contribution < 1.29 is 14.6 Å². The maximum atomic E-state index is 11.4. The standard InChI is InChI=1S/C24H29NO3/c1-16(2)18-9-7-11-20(13-18)24(5,6)22(25-23(26)27)15-28-21-12-8-10-19(14-21)17(3)4/h7-14,22,25H,1,3,15H2,2,4-6H3,(H,26,27). The minimum Gasteiger partial charge on any atom is -0.491 e. The number of carboxylic acid groups (broad SMARTS) is 1. The maximum Gasteiger partial charge on any atom is 0.405 e. The molecule has 0 saturated carbocycles. The molecule has 0 saturated heterocycles. The van der Waals surface area contributed by atoms with Crippen molar-refractivity contribution in [2.24, 2.45) is 0 Å². The molecule has 0 radical (unpaired) electrons. The normalized spacial score (nSPS) is 12.1. The molecule has 2 aromatic carbocycles. The Hall–Kier alpha value is -3.01. The van der Waals surface area contributed by atoms with Crippen molar-refractivity contribution in [3.8, 4) is 5.75 Å². The smallest absolute Gasteiger partial charge is 0.405 e. The van der Waals surface area contributed by atoms with Crippen molar-refractivity contribution in [2.75, 3.05) is 6.61 Å². The van der Waals surface area contributed by atoms with E-state index in [2.05, 4.69) is 24.5 Å². The molecule has 1 amide bonds. The first-order valence-corrected chi connectivity index (χ1v) is 9.26. The zero-order chi connectivity index (χ0) is 20.9. The maximum absolute atomic E-state index is 11.4. The molecule has 0 bridgehead atoms. The van der Waals surface area contributed by atoms with Crippen molar-refractivity contribution in [1.82, 2.24) is 5.32 Å². The van der Waals surface area contributed by atoms with Crippen LogP contribution in [0.5, 0.6) is 5.75 Å². The fourth-order valence-electron chi connectivity index (χ4n) is 3.00. The Labute approximate surface area is 167 Å². The summed E-state index contributed by atoms with van der Waals surface area (Å²) in [6.45, 7) is 16.1. The van der Waals surface area contributed by atoms with E-state index in [0.717, 1.165) is 27.8 Å². The number of ether oxygens (including phenoxy) is 1. The van der Waals surface area contributed by atoms with E-state index in [1.165, 1.54) is 0 Å². The van der Waals surface area contributed by atoms with Gasteiger partial charge in [0.25, 0.3) is 0 Å². The minimum atomic E-state index is -1.08. The van der Waals surface area contributed by atoms with Gasteiger partial charge in [-0.15, -0.1) is 0 Å². The highest BCUT2D eigenvalue weighted by molar-refractivity contribution is 5.66. The van der Waals surface area contributed by atoms with Crippen molar-refractivity contribution in [1.29, 1.82) is 0 Å². The molecule has 28 heavy (non-hydrogen) atoms. The summed E-state index contributed by atoms with van der Waals surface area (Å²) < 4.78 is 5.96. The third-order valence-corrected chi connectivity index (χ3v) is 5.01. The van der Waals surface area contributed by atoms with Crippen LogP contribution in [0.25, 0.3) is 11.1 Å². The Balaban J connectivity index is 2.28. The lowest BCUT2D eigenvalue weighted by Crippen LogP contribution is -2.50. The molecule has 2 N–H and O–H groups in total. The Kier molecular flexibility index (Phi) is 6.68. The van der Waals surface area contributed by atoms with Crippen LogP contribution in [0.4, 0.5) is 4.79 Å². The largest absolute Gasteiger partial charge is 0.491 e. The summed E-state index contributed by atoms with van der Waals surface area (Å²) in [6, 6.07) is 15.2. The summed E-state index contributed by atoms with van der Waals surface area (Å²) in [4.78, 5) is 11.4. The summed E-state index contributed by atoms with van der Waals surface area (Å²) >= 11 is 0. The molecule has 0 aromatic heterocycles. The van der Waals surface area contributed by atoms with Crippen molar-refractivity contribution in [3.05, 3.63) is 78.4 Å². The van der Waals surface area contributed by atoms with E-state index in [4.69, 9.17) is 4.74 Å². The summed E-state index contributed by atoms with van der Waals surface area (Å²) in [5.41, 5.74) is 4.47. The summed E-state index contributed by atoms with van der Waals surface area (Å²) in [5.74, 6) is 0.684. The number of hydrogen-bond acceptors (Lipinski definition) is 2. The molecule has 0 fully saturated rings. The molecule has 1 atom stereocenters. The molecule has 148 valence electrons. The molecule has 1 unspecified atom stereocenters. The third-order valence-electron chi connectivity index (χ3n) is 5.01. The van der Waals surface area contributed by atoms with E-state index in [0.29, 0.717) is 5.75 Å². The van der Waals surface area contributed by atoms with Gasteiger partial charge < -0.3 is 15.2 Å². The Morgan fingerprint density at radius 3 is 2.21 bits per heavy atom. The lowest BCUT2D eigenvalue weighted by molar-refractivity contribution is 0.164. The molecular weight excluding hydrogens is 350 g/mol. The molecule has 0 aliphatic rings. The first-order chi connectivity index (χ1) is 13.1. The third kappa shape index (κ3) is 5.26. The van der Waals surface area contributed by atoms with Crippen LogP contribution in [0.2, 0.25) is 0 Å². The zero-order valence-electron chi connectivity index (χ0n) is 17.1. The second-order valence-electron chi connectivity index (χ2n) is 7.70. The number of amides is 1. The van der Waals surface area contributed by atoms with Crippen LogP contribution in [-0.2, 0) is 5.41 Å². The Morgan fingerprint density at radius 2 is 1.64 bits per heavy atom. The van der Waals surface area contributed by atoms with E-state index >= 15 is 0 Å². The molecule has 2 rings (SSSR count). The van der Waals surface area contributed by atoms with Crippen molar-refractivity contribution in [3.63, 3.8) is 0 Å². The van der Waals surface area contributed by atoms with Gasteiger partial charge in [0.15, 0.2) is 0 Å². The highest BCUT2D eigenvalue weighted by Crippen LogP contribution is 2.30. The van der Waals surface area contributed by atoms with Gasteiger partial charge in [-0.1, -0.05) is 74.5 Å². The van der Waals surface area contributed by atoms with Crippen molar-refractivity contribution in [2.45, 2.75) is 39.2 Å². The second kappa shape index (κ2) is 8.79. The number of nitrogens with one attached hydrogen (secondary N) is 1. The quantitative estimate of drug-likeness (QED) is 0.614. The molecular formula is C24H29NO3. The summed E-state index contributed by atoms with van der Waals surface area (Å²) in [6.07, 6.45) is -1.08. The summed E-state index contributed by atoms with van der Waals surface area (Å²) in [5, 5.41) is 12.0. The van der Waals surface area contributed by atoms with E-state index in [-0.39, 0.29) is 6.61 Å². The van der Waals surface area contributed by atoms with Gasteiger partial charge in [-0.05, 0) is 42.7 Å². The van der Waals surface area contributed by atoms with E-state index < -0.39 is 17.6 Å². The average molecular weight is 380 g/mol. The molecule has 0 spiro atoms. The van der Waals surface area contributed by atoms with Gasteiger partial charge in [0.1, 0.15) is 12.4 Å². The number of hydrogen-bond donors (Lipinski definition) is 2. The fraction of sp³-hybridized carbons (Fsp3) is 0.292. The number of allylic oxidation sites excluding steroid dienone is 2. The predicted octanol–water partition coefficient (Wildman–Crippen LogP) is 5.75. The first kappa shape index (κ1) is 21.3. The number of benzene rings is 2. The molecule has 4 heteroatoms. The zero-order valence-corrected chi connectivity index (χ0v) is 17.1. The van der Waals surface area contributed by atoms with Crippen LogP contribution in [-0.4, -0.2) is 23.8 Å². The van der Waals surface area contributed by atoms with Gasteiger partial charge in [-0.2, -0.15) is 0 Å². The highest BCUT2D eigenvalue weighted by atomic mass is 16.5. The van der Waals surface area contributed by atoms with Crippen LogP contribution < -0.4 is 10.1 Å². The minimum absolute atomic E-state index is 0.205. The predicted molar refractivity (Wildman–Crippen MR) is 116 cm³/mol. The van der Waals surface area contributed by atoms with Gasteiger partial charge in [-0.3, -0.25) is 0 Å². The van der Waals surface area contributed by atoms with Gasteiger partial charge in [0.2, 0.25) is 0 Å². The molecule has 0 aliphatic carbocycles. The Morgan fingerprint density at radius 1 is 1.07 bits per heavy atom. The highest BCUT2D eigenvalue weighted by Gasteiger charge is 2.33. The van der Waals surface area contributed by atoms with Crippen LogP contribution in [0.3, 0.4) is 0 Å². The SMILES string of the molecule is C=C(C)c1cccc(OCC(NC(=O)O)C(C)(C)c2cccc(C(=C)C)c2)c1. The van der Waals surface area contributed by atoms with Gasteiger partial charge in [-0.25, -0.2) is 4.79 Å². The van der Waals surface area contributed by atoms with Crippen LogP contribution in [0, 0.1) is 0 Å². The van der Waals surface area contributed by atoms with Gasteiger partial charge in [0, 0.05) is 5.41 Å². The topological polar surface area (TPSA) is 58.6 Å². The van der Waals surface area contributed by atoms with E-state index in [1.54, 1.807) is 0 Å². The van der Waals surface area contributed by atoms with Gasteiger partial charge in [0.05, 0.1) is 6.04 Å². The first-order valence-electron chi connectivity index (χ1n) is 9.26. The lowest BCUT2D eigenvalue weighted by atomic mass is 9.77.